The van der Waals surface area contributed by atoms with E-state index in [0.717, 1.165) is 47.0 Å². The third-order valence-corrected chi connectivity index (χ3v) is 11.5. The molecule has 62 heavy (non-hydrogen) atoms. The van der Waals surface area contributed by atoms with Crippen LogP contribution in [0.4, 0.5) is 11.6 Å². The Hall–Kier alpha value is -3.23. The molecule has 2 amide bonds. The van der Waals surface area contributed by atoms with Crippen molar-refractivity contribution in [3.63, 3.8) is 0 Å². The first-order chi connectivity index (χ1) is 28.5. The first-order valence-electron chi connectivity index (χ1n) is 21.5. The quantitative estimate of drug-likeness (QED) is 0.168. The second kappa shape index (κ2) is 20.7. The second-order valence-electron chi connectivity index (χ2n) is 18.9. The summed E-state index contributed by atoms with van der Waals surface area (Å²) in [6.45, 7) is 29.1. The molecule has 0 bridgehead atoms. The molecule has 7 heterocycles. The monoisotopic (exact) mass is 915 g/mol. The number of carbonyl (C=O) groups excluding carboxylic acids is 2. The van der Waals surface area contributed by atoms with Crippen LogP contribution in [0.1, 0.15) is 134 Å². The molecule has 15 nitrogen and oxygen atoms in total. The van der Waals surface area contributed by atoms with Gasteiger partial charge in [-0.1, -0.05) is 75.2 Å². The Morgan fingerprint density at radius 1 is 0.774 bits per heavy atom. The Morgan fingerprint density at radius 2 is 1.27 bits per heavy atom. The average molecular weight is 917 g/mol. The summed E-state index contributed by atoms with van der Waals surface area (Å²) >= 11 is 3.37. The van der Waals surface area contributed by atoms with Crippen LogP contribution < -0.4 is 29.5 Å². The minimum absolute atomic E-state index is 0. The van der Waals surface area contributed by atoms with Gasteiger partial charge in [0.05, 0.1) is 18.2 Å². The van der Waals surface area contributed by atoms with Crippen molar-refractivity contribution in [1.29, 1.82) is 0 Å². The van der Waals surface area contributed by atoms with Gasteiger partial charge in [-0.3, -0.25) is 14.6 Å². The van der Waals surface area contributed by atoms with E-state index in [0.29, 0.717) is 23.6 Å². The smallest absolute Gasteiger partial charge is 0.344 e. The van der Waals surface area contributed by atoms with Gasteiger partial charge in [0.15, 0.2) is 23.2 Å². The van der Waals surface area contributed by atoms with E-state index in [2.05, 4.69) is 85.5 Å². The van der Waals surface area contributed by atoms with Gasteiger partial charge in [-0.2, -0.15) is 16.6 Å². The third kappa shape index (κ3) is 12.1. The Morgan fingerprint density at radius 3 is 1.81 bits per heavy atom. The SMILES string of the molecule is CC(C)(C)C(=O)Nc1ncnn2c(Br)ccc12.CC[C@H]1C[C@@H](c2ccc3c(NC(=O)C(C)(C)C)ncnn23)[C@@H]2OC(C)(C)O[C@H]12.CC[C@H]1N=C[C@@H]2OC(C)(C)O[C@@H]21.[CH2-]CCC.[Li+]. The molecule has 7 atom stereocenters. The summed E-state index contributed by atoms with van der Waals surface area (Å²) in [5, 5.41) is 14.3. The molecule has 8 rings (SSSR count). The number of amides is 2. The second-order valence-corrected chi connectivity index (χ2v) is 19.7. The van der Waals surface area contributed by atoms with Crippen molar-refractivity contribution in [1.82, 2.24) is 29.2 Å². The number of nitrogens with one attached hydrogen (secondary N) is 2. The van der Waals surface area contributed by atoms with Crippen LogP contribution in [0.25, 0.3) is 11.0 Å². The van der Waals surface area contributed by atoms with Crippen molar-refractivity contribution in [2.75, 3.05) is 10.6 Å². The van der Waals surface area contributed by atoms with Gasteiger partial charge >= 0.3 is 18.9 Å². The molecule has 336 valence electrons. The summed E-state index contributed by atoms with van der Waals surface area (Å²) in [6.07, 6.45) is 10.5. The molecule has 3 aliphatic heterocycles. The van der Waals surface area contributed by atoms with Gasteiger partial charge in [0.1, 0.15) is 40.5 Å². The molecule has 0 unspecified atom stereocenters. The van der Waals surface area contributed by atoms with Crippen LogP contribution in [-0.2, 0) is 28.5 Å². The molecule has 0 spiro atoms. The van der Waals surface area contributed by atoms with Gasteiger partial charge in [0.25, 0.3) is 0 Å². The van der Waals surface area contributed by atoms with Crippen LogP contribution in [0.15, 0.2) is 46.5 Å². The summed E-state index contributed by atoms with van der Waals surface area (Å²) in [4.78, 5) is 37.0. The van der Waals surface area contributed by atoms with Crippen molar-refractivity contribution in [2.24, 2.45) is 21.7 Å². The van der Waals surface area contributed by atoms with Gasteiger partial charge in [-0.25, -0.2) is 19.0 Å². The Bertz CT molecular complexity index is 2160. The number of unbranched alkanes of at least 4 members (excludes halogenated alkanes) is 1. The summed E-state index contributed by atoms with van der Waals surface area (Å²) in [6, 6.07) is 8.06. The Kier molecular flexibility index (Phi) is 17.2. The van der Waals surface area contributed by atoms with Crippen molar-refractivity contribution in [2.45, 2.75) is 170 Å². The van der Waals surface area contributed by atoms with Gasteiger partial charge in [-0.15, -0.1) is 0 Å². The van der Waals surface area contributed by atoms with Crippen LogP contribution in [0.2, 0.25) is 0 Å². The number of aliphatic imine (C=N–C) groups is 1. The fourth-order valence-corrected chi connectivity index (χ4v) is 7.96. The largest absolute Gasteiger partial charge is 1.00 e. The minimum atomic E-state index is -0.560. The number of nitrogens with zero attached hydrogens (tertiary/aromatic N) is 7. The van der Waals surface area contributed by atoms with E-state index >= 15 is 0 Å². The predicted molar refractivity (Wildman–Crippen MR) is 241 cm³/mol. The number of rotatable bonds is 6. The van der Waals surface area contributed by atoms with Crippen LogP contribution in [0.3, 0.4) is 0 Å². The number of aromatic nitrogens is 6. The zero-order chi connectivity index (χ0) is 45.1. The number of hydrogen-bond acceptors (Lipinski definition) is 11. The van der Waals surface area contributed by atoms with Gasteiger partial charge in [0.2, 0.25) is 11.8 Å². The number of hydrogen-bond donors (Lipinski definition) is 2. The average Bonchev–Trinajstić information content (AvgIpc) is 4.03. The summed E-state index contributed by atoms with van der Waals surface area (Å²) in [7, 11) is 0. The number of carbonyl (C=O) groups is 2. The van der Waals surface area contributed by atoms with Crippen LogP contribution >= 0.6 is 15.9 Å². The van der Waals surface area contributed by atoms with E-state index in [-0.39, 0.29) is 61.0 Å². The van der Waals surface area contributed by atoms with Crippen molar-refractivity contribution >= 4 is 56.6 Å². The summed E-state index contributed by atoms with van der Waals surface area (Å²) in [5.74, 6) is 0.583. The molecular formula is C45H67BrLiN9O6. The van der Waals surface area contributed by atoms with Crippen LogP contribution in [0.5, 0.6) is 0 Å². The van der Waals surface area contributed by atoms with Crippen molar-refractivity contribution in [3.8, 4) is 0 Å². The molecule has 0 aromatic carbocycles. The Balaban J connectivity index is 0.000000211. The van der Waals surface area contributed by atoms with Crippen LogP contribution in [-0.4, -0.2) is 89.3 Å². The molecule has 3 fully saturated rings. The molecule has 1 aliphatic carbocycles. The molecule has 17 heteroatoms. The summed E-state index contributed by atoms with van der Waals surface area (Å²) in [5.41, 5.74) is 1.69. The van der Waals surface area contributed by atoms with E-state index < -0.39 is 22.4 Å². The molecule has 4 aromatic rings. The number of fused-ring (bicyclic) bond motifs is 4. The van der Waals surface area contributed by atoms with E-state index in [4.69, 9.17) is 18.9 Å². The normalized spacial score (nSPS) is 25.3. The number of ether oxygens (including phenoxy) is 4. The molecule has 4 aromatic heterocycles. The number of halogens is 1. The molecule has 4 aliphatic rings. The minimum Gasteiger partial charge on any atom is -0.344 e. The fraction of sp³-hybridized carbons (Fsp3) is 0.644. The molecule has 1 saturated carbocycles. The van der Waals surface area contributed by atoms with E-state index in [1.54, 1.807) is 4.52 Å². The molecule has 0 radical (unpaired) electrons. The molecular weight excluding hydrogens is 849 g/mol. The van der Waals surface area contributed by atoms with E-state index in [1.165, 1.54) is 19.1 Å². The zero-order valence-corrected chi connectivity index (χ0v) is 40.9. The van der Waals surface area contributed by atoms with Gasteiger partial charge in [-0.05, 0) is 86.6 Å². The standard InChI is InChI=1S/C21H30N4O3.C11H13BrN4O.C9H15NO2.C4H9.Li/c1-7-12-10-13(17-16(12)27-21(5,6)28-17)14-8-9-15-18(22-11-23-25(14)15)24-19(26)20(2,3)4;1-11(2,3)10(17)15-9-7-4-5-8(12)16(7)14-6-13-9;1-4-6-8-7(5-10-6)11-9(2,3)12-8;1-3-4-2;/h8-9,11-13,16-17H,7,10H2,1-6H3,(H,22,23,24,26);4-6H,1-3H3,(H,13,14,15,17);5-8H,4H2,1-3H3;1,3-4H2,2H3;/q;;;-1;+1/t12-,13-,16+,17-;;6-,7+,8-;;/m0.1../s1. The molecule has 2 saturated heterocycles. The zero-order valence-electron chi connectivity index (χ0n) is 39.3. The molecule has 2 N–H and O–H groups in total. The maximum absolute atomic E-state index is 12.4. The topological polar surface area (TPSA) is 168 Å². The number of anilines is 2. The maximum atomic E-state index is 12.4. The first kappa shape index (κ1) is 51.4. The third-order valence-electron chi connectivity index (χ3n) is 10.9. The van der Waals surface area contributed by atoms with Gasteiger partial charge < -0.3 is 36.5 Å². The first-order valence-corrected chi connectivity index (χ1v) is 22.3. The maximum Gasteiger partial charge on any atom is 1.00 e. The van der Waals surface area contributed by atoms with Crippen molar-refractivity contribution < 1.29 is 47.4 Å². The predicted octanol–water partition coefficient (Wildman–Crippen LogP) is 6.22. The summed E-state index contributed by atoms with van der Waals surface area (Å²) < 4.78 is 28.2. The van der Waals surface area contributed by atoms with Gasteiger partial charge in [0, 0.05) is 28.7 Å². The van der Waals surface area contributed by atoms with E-state index in [9.17, 15) is 9.59 Å². The van der Waals surface area contributed by atoms with E-state index in [1.807, 2.05) is 98.2 Å². The fourth-order valence-electron chi connectivity index (χ4n) is 7.54. The van der Waals surface area contributed by atoms with Crippen molar-refractivity contribution in [3.05, 3.63) is 54.1 Å². The van der Waals surface area contributed by atoms with Crippen LogP contribution in [0, 0.1) is 23.7 Å². The Labute approximate surface area is 388 Å².